The predicted molar refractivity (Wildman–Crippen MR) is 98.2 cm³/mol. The van der Waals surface area contributed by atoms with Crippen LogP contribution in [0.5, 0.6) is 0 Å². The monoisotopic (exact) mass is 405 g/mol. The van der Waals surface area contributed by atoms with Crippen molar-refractivity contribution < 1.29 is 14.5 Å². The molecule has 0 aliphatic carbocycles. The van der Waals surface area contributed by atoms with Gasteiger partial charge in [-0.05, 0) is 30.3 Å². The number of nitrogens with zero attached hydrogens (tertiary/aromatic N) is 2. The first-order valence-electron chi connectivity index (χ1n) is 7.72. The number of halogens is 1. The van der Waals surface area contributed by atoms with Crippen LogP contribution >= 0.6 is 15.9 Å². The minimum atomic E-state index is -0.458. The van der Waals surface area contributed by atoms with E-state index in [2.05, 4.69) is 21.2 Å². The van der Waals surface area contributed by atoms with Gasteiger partial charge in [0.25, 0.3) is 11.6 Å². The molecule has 0 atom stereocenters. The number of anilines is 2. The van der Waals surface area contributed by atoms with Gasteiger partial charge < -0.3 is 15.0 Å². The van der Waals surface area contributed by atoms with E-state index in [-0.39, 0.29) is 11.3 Å². The maximum Gasteiger partial charge on any atom is 0.293 e. The Balaban J connectivity index is 1.85. The second kappa shape index (κ2) is 7.62. The normalized spacial score (nSPS) is 14.2. The van der Waals surface area contributed by atoms with Crippen LogP contribution in [0.15, 0.2) is 46.9 Å². The molecule has 1 fully saturated rings. The van der Waals surface area contributed by atoms with Crippen LogP contribution in [0.1, 0.15) is 10.4 Å². The first-order valence-corrected chi connectivity index (χ1v) is 8.52. The number of hydrogen-bond acceptors (Lipinski definition) is 5. The fourth-order valence-corrected chi connectivity index (χ4v) is 3.05. The minimum Gasteiger partial charge on any atom is -0.378 e. The van der Waals surface area contributed by atoms with Gasteiger partial charge in [-0.15, -0.1) is 0 Å². The molecule has 8 heteroatoms. The van der Waals surface area contributed by atoms with Gasteiger partial charge in [0.2, 0.25) is 0 Å². The Morgan fingerprint density at radius 1 is 1.20 bits per heavy atom. The number of nitro benzene ring substituents is 1. The molecule has 1 heterocycles. The summed E-state index contributed by atoms with van der Waals surface area (Å²) in [5.74, 6) is -0.394. The predicted octanol–water partition coefficient (Wildman–Crippen LogP) is 3.45. The van der Waals surface area contributed by atoms with E-state index in [1.807, 2.05) is 11.0 Å². The lowest BCUT2D eigenvalue weighted by Crippen LogP contribution is -2.36. The molecule has 0 spiro atoms. The molecule has 0 saturated carbocycles. The zero-order valence-electron chi connectivity index (χ0n) is 13.3. The Kier molecular flexibility index (Phi) is 5.30. The topological polar surface area (TPSA) is 84.7 Å². The molecule has 7 nitrogen and oxygen atoms in total. The van der Waals surface area contributed by atoms with Crippen molar-refractivity contribution in [1.29, 1.82) is 0 Å². The molecular formula is C17H16BrN3O4. The lowest BCUT2D eigenvalue weighted by Gasteiger charge is -2.28. The highest BCUT2D eigenvalue weighted by Crippen LogP contribution is 2.30. The number of amides is 1. The van der Waals surface area contributed by atoms with E-state index in [1.54, 1.807) is 30.3 Å². The van der Waals surface area contributed by atoms with Crippen LogP contribution in [-0.2, 0) is 4.74 Å². The number of benzene rings is 2. The van der Waals surface area contributed by atoms with E-state index in [9.17, 15) is 14.9 Å². The summed E-state index contributed by atoms with van der Waals surface area (Å²) in [5.41, 5.74) is 1.28. The lowest BCUT2D eigenvalue weighted by molar-refractivity contribution is -0.384. The smallest absolute Gasteiger partial charge is 0.293 e. The molecule has 2 aromatic rings. The van der Waals surface area contributed by atoms with E-state index in [0.29, 0.717) is 37.7 Å². The number of rotatable bonds is 4. The van der Waals surface area contributed by atoms with E-state index < -0.39 is 10.8 Å². The average molecular weight is 406 g/mol. The molecule has 0 bridgehead atoms. The largest absolute Gasteiger partial charge is 0.378 e. The van der Waals surface area contributed by atoms with E-state index in [4.69, 9.17) is 4.74 Å². The van der Waals surface area contributed by atoms with Crippen LogP contribution in [0.3, 0.4) is 0 Å². The van der Waals surface area contributed by atoms with Gasteiger partial charge in [0.1, 0.15) is 5.69 Å². The van der Waals surface area contributed by atoms with Gasteiger partial charge in [-0.3, -0.25) is 14.9 Å². The number of hydrogen-bond donors (Lipinski definition) is 1. The second-order valence-electron chi connectivity index (χ2n) is 5.52. The third-order valence-corrected chi connectivity index (χ3v) is 4.36. The molecule has 25 heavy (non-hydrogen) atoms. The first-order chi connectivity index (χ1) is 12.0. The lowest BCUT2D eigenvalue weighted by atomic mass is 10.1. The SMILES string of the molecule is O=C(Nc1cccc(Br)c1)c1ccc(N2CCOCC2)c([N+](=O)[O-])c1. The summed E-state index contributed by atoms with van der Waals surface area (Å²) < 4.78 is 6.11. The van der Waals surface area contributed by atoms with Crippen molar-refractivity contribution in [2.24, 2.45) is 0 Å². The molecule has 1 aliphatic rings. The number of ether oxygens (including phenoxy) is 1. The molecule has 0 aromatic heterocycles. The zero-order valence-corrected chi connectivity index (χ0v) is 14.9. The van der Waals surface area contributed by atoms with Crippen molar-refractivity contribution in [1.82, 2.24) is 0 Å². The molecule has 3 rings (SSSR count). The number of nitro groups is 1. The highest BCUT2D eigenvalue weighted by molar-refractivity contribution is 9.10. The highest BCUT2D eigenvalue weighted by atomic mass is 79.9. The second-order valence-corrected chi connectivity index (χ2v) is 6.44. The molecule has 0 unspecified atom stereocenters. The molecule has 1 aliphatic heterocycles. The van der Waals surface area contributed by atoms with Gasteiger partial charge in [-0.25, -0.2) is 0 Å². The Morgan fingerprint density at radius 3 is 2.64 bits per heavy atom. The zero-order chi connectivity index (χ0) is 17.8. The Hall–Kier alpha value is -2.45. The molecular weight excluding hydrogens is 390 g/mol. The van der Waals surface area contributed by atoms with Crippen LogP contribution < -0.4 is 10.2 Å². The summed E-state index contributed by atoms with van der Waals surface area (Å²) in [5, 5.41) is 14.2. The molecule has 1 N–H and O–H groups in total. The van der Waals surface area contributed by atoms with E-state index in [1.165, 1.54) is 6.07 Å². The molecule has 0 radical (unpaired) electrons. The van der Waals surface area contributed by atoms with E-state index in [0.717, 1.165) is 4.47 Å². The fourth-order valence-electron chi connectivity index (χ4n) is 2.65. The fraction of sp³-hybridized carbons (Fsp3) is 0.235. The van der Waals surface area contributed by atoms with Crippen LogP contribution in [-0.4, -0.2) is 37.1 Å². The summed E-state index contributed by atoms with van der Waals surface area (Å²) in [4.78, 5) is 25.3. The van der Waals surface area contributed by atoms with Crippen molar-refractivity contribution >= 4 is 38.9 Å². The quantitative estimate of drug-likeness (QED) is 0.621. The van der Waals surface area contributed by atoms with Gasteiger partial charge in [0.05, 0.1) is 18.1 Å². The molecule has 1 saturated heterocycles. The van der Waals surface area contributed by atoms with Crippen LogP contribution in [0.2, 0.25) is 0 Å². The summed E-state index contributed by atoms with van der Waals surface area (Å²) in [6.45, 7) is 2.24. The van der Waals surface area contributed by atoms with Crippen molar-refractivity contribution in [3.63, 3.8) is 0 Å². The van der Waals surface area contributed by atoms with Crippen LogP contribution in [0.4, 0.5) is 17.1 Å². The Labute approximate surface area is 152 Å². The third kappa shape index (κ3) is 4.15. The summed E-state index contributed by atoms with van der Waals surface area (Å²) in [6, 6.07) is 11.7. The summed E-state index contributed by atoms with van der Waals surface area (Å²) >= 11 is 3.34. The van der Waals surface area contributed by atoms with Crippen molar-refractivity contribution in [2.45, 2.75) is 0 Å². The number of morpholine rings is 1. The van der Waals surface area contributed by atoms with Crippen LogP contribution in [0.25, 0.3) is 0 Å². The standard InChI is InChI=1S/C17H16BrN3O4/c18-13-2-1-3-14(11-13)19-17(22)12-4-5-15(16(10-12)21(23)24)20-6-8-25-9-7-20/h1-5,10-11H,6-9H2,(H,19,22). The number of carbonyl (C=O) groups is 1. The van der Waals surface area contributed by atoms with Gasteiger partial charge in [-0.1, -0.05) is 22.0 Å². The summed E-state index contributed by atoms with van der Waals surface area (Å²) in [7, 11) is 0. The van der Waals surface area contributed by atoms with Crippen LogP contribution in [0, 0.1) is 10.1 Å². The highest BCUT2D eigenvalue weighted by Gasteiger charge is 2.23. The maximum absolute atomic E-state index is 12.4. The maximum atomic E-state index is 12.4. The van der Waals surface area contributed by atoms with Crippen molar-refractivity contribution in [2.75, 3.05) is 36.5 Å². The Bertz CT molecular complexity index is 806. The third-order valence-electron chi connectivity index (χ3n) is 3.87. The molecule has 2 aromatic carbocycles. The van der Waals surface area contributed by atoms with Gasteiger partial charge in [0.15, 0.2) is 0 Å². The van der Waals surface area contributed by atoms with Gasteiger partial charge in [-0.2, -0.15) is 0 Å². The molecule has 1 amide bonds. The van der Waals surface area contributed by atoms with Gasteiger partial charge in [0, 0.05) is 34.9 Å². The van der Waals surface area contributed by atoms with Gasteiger partial charge >= 0.3 is 0 Å². The van der Waals surface area contributed by atoms with Crippen molar-refractivity contribution in [3.05, 3.63) is 62.6 Å². The minimum absolute atomic E-state index is 0.0798. The average Bonchev–Trinajstić information content (AvgIpc) is 2.62. The number of nitrogens with one attached hydrogen (secondary N) is 1. The molecule has 130 valence electrons. The Morgan fingerprint density at radius 2 is 1.96 bits per heavy atom. The van der Waals surface area contributed by atoms with E-state index >= 15 is 0 Å². The summed E-state index contributed by atoms with van der Waals surface area (Å²) in [6.07, 6.45) is 0. The number of carbonyl (C=O) groups excluding carboxylic acids is 1. The first kappa shape index (κ1) is 17.4. The van der Waals surface area contributed by atoms with Crippen molar-refractivity contribution in [3.8, 4) is 0 Å².